The molecule has 0 unspecified atom stereocenters. The lowest BCUT2D eigenvalue weighted by Gasteiger charge is -1.98. The molecular weight excluding hydrogens is 188 g/mol. The predicted octanol–water partition coefficient (Wildman–Crippen LogP) is 2.90. The molecule has 3 aromatic rings. The van der Waals surface area contributed by atoms with Crippen molar-refractivity contribution in [2.75, 3.05) is 0 Å². The third-order valence-electron chi connectivity index (χ3n) is 2.53. The number of rotatable bonds is 1. The van der Waals surface area contributed by atoms with Gasteiger partial charge in [-0.1, -0.05) is 6.07 Å². The molecule has 0 aliphatic heterocycles. The number of nitrogens with zero attached hydrogens (tertiary/aromatic N) is 2. The average Bonchev–Trinajstić information content (AvgIpc) is 2.85. The Labute approximate surface area is 87.0 Å². The summed E-state index contributed by atoms with van der Waals surface area (Å²) in [6, 6.07) is 9.91. The van der Waals surface area contributed by atoms with Crippen LogP contribution in [0.5, 0.6) is 0 Å². The topological polar surface area (TPSA) is 30.4 Å². The van der Waals surface area contributed by atoms with Gasteiger partial charge in [0.15, 0.2) is 5.76 Å². The molecule has 0 atom stereocenters. The van der Waals surface area contributed by atoms with Gasteiger partial charge in [0.25, 0.3) is 0 Å². The van der Waals surface area contributed by atoms with Gasteiger partial charge in [-0.15, -0.1) is 0 Å². The smallest absolute Gasteiger partial charge is 0.154 e. The molecule has 3 heterocycles. The summed E-state index contributed by atoms with van der Waals surface area (Å²) in [5.41, 5.74) is 3.13. The first-order chi connectivity index (χ1) is 7.36. The molecule has 15 heavy (non-hydrogen) atoms. The van der Waals surface area contributed by atoms with E-state index in [2.05, 4.69) is 22.4 Å². The monoisotopic (exact) mass is 198 g/mol. The van der Waals surface area contributed by atoms with Crippen molar-refractivity contribution in [1.29, 1.82) is 0 Å². The maximum Gasteiger partial charge on any atom is 0.154 e. The summed E-state index contributed by atoms with van der Waals surface area (Å²) in [7, 11) is 0. The minimum atomic E-state index is 0.808. The summed E-state index contributed by atoms with van der Waals surface area (Å²) >= 11 is 0. The first kappa shape index (κ1) is 8.29. The highest BCUT2D eigenvalue weighted by Gasteiger charge is 2.09. The van der Waals surface area contributed by atoms with Crippen molar-refractivity contribution < 1.29 is 4.42 Å². The highest BCUT2D eigenvalue weighted by molar-refractivity contribution is 5.74. The van der Waals surface area contributed by atoms with Crippen LogP contribution >= 0.6 is 0 Å². The Morgan fingerprint density at radius 3 is 2.93 bits per heavy atom. The van der Waals surface area contributed by atoms with Crippen LogP contribution < -0.4 is 0 Å². The van der Waals surface area contributed by atoms with Crippen LogP contribution in [0.4, 0.5) is 0 Å². The average molecular weight is 198 g/mol. The van der Waals surface area contributed by atoms with Crippen molar-refractivity contribution in [3.8, 4) is 11.5 Å². The molecule has 3 rings (SSSR count). The fraction of sp³-hybridized carbons (Fsp3) is 0.0833. The van der Waals surface area contributed by atoms with Gasteiger partial charge in [-0.05, 0) is 31.2 Å². The van der Waals surface area contributed by atoms with Gasteiger partial charge in [0, 0.05) is 5.69 Å². The van der Waals surface area contributed by atoms with E-state index in [1.165, 1.54) is 0 Å². The Morgan fingerprint density at radius 1 is 1.20 bits per heavy atom. The van der Waals surface area contributed by atoms with E-state index in [-0.39, 0.29) is 0 Å². The van der Waals surface area contributed by atoms with Gasteiger partial charge in [-0.3, -0.25) is 0 Å². The van der Waals surface area contributed by atoms with E-state index in [0.717, 1.165) is 22.7 Å². The molecule has 0 saturated carbocycles. The summed E-state index contributed by atoms with van der Waals surface area (Å²) in [4.78, 5) is 4.37. The molecule has 3 heteroatoms. The van der Waals surface area contributed by atoms with E-state index in [9.17, 15) is 0 Å². The largest absolute Gasteiger partial charge is 0.463 e. The van der Waals surface area contributed by atoms with Crippen molar-refractivity contribution in [2.45, 2.75) is 6.92 Å². The number of pyridine rings is 1. The van der Waals surface area contributed by atoms with Crippen molar-refractivity contribution >= 4 is 5.52 Å². The normalized spacial score (nSPS) is 11.0. The second-order valence-electron chi connectivity index (χ2n) is 3.49. The van der Waals surface area contributed by atoms with Crippen molar-refractivity contribution in [2.24, 2.45) is 0 Å². The number of aryl methyl sites for hydroxylation is 1. The van der Waals surface area contributed by atoms with Crippen LogP contribution in [-0.4, -0.2) is 9.38 Å². The molecule has 0 aliphatic carbocycles. The molecule has 3 aromatic heterocycles. The van der Waals surface area contributed by atoms with Gasteiger partial charge in [-0.2, -0.15) is 0 Å². The van der Waals surface area contributed by atoms with Gasteiger partial charge in [-0.25, -0.2) is 4.98 Å². The van der Waals surface area contributed by atoms with E-state index < -0.39 is 0 Å². The van der Waals surface area contributed by atoms with Crippen LogP contribution in [0.1, 0.15) is 5.69 Å². The SMILES string of the molecule is Cc1cccc2c(-c3ccco3)ncn12. The number of furan rings is 1. The van der Waals surface area contributed by atoms with Gasteiger partial charge < -0.3 is 8.82 Å². The number of aromatic nitrogens is 2. The molecule has 0 aromatic carbocycles. The molecule has 0 amide bonds. The van der Waals surface area contributed by atoms with Gasteiger partial charge in [0.05, 0.1) is 11.8 Å². The summed E-state index contributed by atoms with van der Waals surface area (Å²) in [5, 5.41) is 0. The highest BCUT2D eigenvalue weighted by Crippen LogP contribution is 2.23. The first-order valence-electron chi connectivity index (χ1n) is 4.83. The standard InChI is InChI=1S/C12H10N2O/c1-9-4-2-5-10-12(13-8-14(9)10)11-6-3-7-15-11/h2-8H,1H3. The van der Waals surface area contributed by atoms with E-state index in [0.29, 0.717) is 0 Å². The lowest BCUT2D eigenvalue weighted by Crippen LogP contribution is -1.87. The second kappa shape index (κ2) is 2.98. The summed E-state index contributed by atoms with van der Waals surface area (Å²) in [6.07, 6.45) is 3.48. The third kappa shape index (κ3) is 1.16. The number of fused-ring (bicyclic) bond motifs is 1. The maximum atomic E-state index is 5.35. The minimum Gasteiger partial charge on any atom is -0.463 e. The van der Waals surface area contributed by atoms with E-state index in [1.54, 1.807) is 6.26 Å². The maximum absolute atomic E-state index is 5.35. The zero-order chi connectivity index (χ0) is 10.3. The van der Waals surface area contributed by atoms with E-state index in [4.69, 9.17) is 4.42 Å². The quantitative estimate of drug-likeness (QED) is 0.601. The minimum absolute atomic E-state index is 0.808. The number of hydrogen-bond donors (Lipinski definition) is 0. The molecule has 0 saturated heterocycles. The summed E-state index contributed by atoms with van der Waals surface area (Å²) < 4.78 is 7.40. The number of imidazole rings is 1. The lowest BCUT2D eigenvalue weighted by molar-refractivity contribution is 0.581. The molecule has 0 N–H and O–H groups in total. The molecular formula is C12H10N2O. The Bertz CT molecular complexity index is 593. The predicted molar refractivity (Wildman–Crippen MR) is 57.6 cm³/mol. The Hall–Kier alpha value is -2.03. The zero-order valence-corrected chi connectivity index (χ0v) is 8.34. The molecule has 3 nitrogen and oxygen atoms in total. The molecule has 0 spiro atoms. The Balaban J connectivity index is 2.34. The molecule has 0 radical (unpaired) electrons. The molecule has 0 fully saturated rings. The molecule has 0 aliphatic rings. The fourth-order valence-corrected chi connectivity index (χ4v) is 1.76. The molecule has 0 bridgehead atoms. The summed E-state index contributed by atoms with van der Waals surface area (Å²) in [6.45, 7) is 2.06. The fourth-order valence-electron chi connectivity index (χ4n) is 1.76. The number of hydrogen-bond acceptors (Lipinski definition) is 2. The summed E-state index contributed by atoms with van der Waals surface area (Å²) in [5.74, 6) is 0.808. The van der Waals surface area contributed by atoms with Crippen molar-refractivity contribution in [3.05, 3.63) is 48.6 Å². The van der Waals surface area contributed by atoms with Gasteiger partial charge >= 0.3 is 0 Å². The van der Waals surface area contributed by atoms with Crippen molar-refractivity contribution in [1.82, 2.24) is 9.38 Å². The zero-order valence-electron chi connectivity index (χ0n) is 8.34. The van der Waals surface area contributed by atoms with Gasteiger partial charge in [0.1, 0.15) is 12.0 Å². The first-order valence-corrected chi connectivity index (χ1v) is 4.83. The molecule has 74 valence electrons. The van der Waals surface area contributed by atoms with Gasteiger partial charge in [0.2, 0.25) is 0 Å². The Kier molecular flexibility index (Phi) is 1.65. The Morgan fingerprint density at radius 2 is 2.13 bits per heavy atom. The van der Waals surface area contributed by atoms with Crippen LogP contribution in [0.2, 0.25) is 0 Å². The van der Waals surface area contributed by atoms with Crippen molar-refractivity contribution in [3.63, 3.8) is 0 Å². The lowest BCUT2D eigenvalue weighted by atomic mass is 10.2. The highest BCUT2D eigenvalue weighted by atomic mass is 16.3. The van der Waals surface area contributed by atoms with Crippen LogP contribution in [0, 0.1) is 6.92 Å². The third-order valence-corrected chi connectivity index (χ3v) is 2.53. The van der Waals surface area contributed by atoms with Crippen LogP contribution in [0.3, 0.4) is 0 Å². The van der Waals surface area contributed by atoms with Crippen LogP contribution in [0.15, 0.2) is 47.3 Å². The van der Waals surface area contributed by atoms with Crippen LogP contribution in [0.25, 0.3) is 17.0 Å². The van der Waals surface area contributed by atoms with E-state index >= 15 is 0 Å². The van der Waals surface area contributed by atoms with E-state index in [1.807, 2.05) is 30.6 Å². The van der Waals surface area contributed by atoms with Crippen LogP contribution in [-0.2, 0) is 0 Å². The second-order valence-corrected chi connectivity index (χ2v) is 3.49.